The standard InChI is InChI=1S/C22H29NO6/c1-4-28-19(25)17-12(2)18(23-13(17)3)16(24)10-29-20(26)21-6-14-5-15(7-21)9-22(27,8-14)11-21/h14-15,23,27H,4-11H2,1-3H3/t14-,15+,21?,22?. The van der Waals surface area contributed by atoms with Crippen LogP contribution in [0.5, 0.6) is 0 Å². The summed E-state index contributed by atoms with van der Waals surface area (Å²) in [6.07, 6.45) is 4.55. The second-order valence-corrected chi connectivity index (χ2v) is 9.31. The highest BCUT2D eigenvalue weighted by Crippen LogP contribution is 2.61. The minimum Gasteiger partial charge on any atom is -0.462 e. The summed E-state index contributed by atoms with van der Waals surface area (Å²) in [5, 5.41) is 10.8. The number of aromatic nitrogens is 1. The number of carbonyl (C=O) groups excluding carboxylic acids is 3. The highest BCUT2D eigenvalue weighted by Gasteiger charge is 2.60. The number of Topliss-reactive ketones (excluding diaryl/α,β-unsaturated/α-hetero) is 1. The van der Waals surface area contributed by atoms with Gasteiger partial charge in [-0.2, -0.15) is 0 Å². The smallest absolute Gasteiger partial charge is 0.340 e. The zero-order chi connectivity index (χ0) is 21.0. The zero-order valence-corrected chi connectivity index (χ0v) is 17.3. The van der Waals surface area contributed by atoms with Crippen molar-refractivity contribution in [2.45, 2.75) is 64.9 Å². The third-order valence-electron chi connectivity index (χ3n) is 6.99. The third-order valence-corrected chi connectivity index (χ3v) is 6.99. The van der Waals surface area contributed by atoms with Crippen molar-refractivity contribution in [3.8, 4) is 0 Å². The first-order valence-corrected chi connectivity index (χ1v) is 10.5. The lowest BCUT2D eigenvalue weighted by Crippen LogP contribution is -2.58. The van der Waals surface area contributed by atoms with Gasteiger partial charge >= 0.3 is 11.9 Å². The van der Waals surface area contributed by atoms with Gasteiger partial charge in [-0.3, -0.25) is 9.59 Å². The summed E-state index contributed by atoms with van der Waals surface area (Å²) in [5.74, 6) is -0.491. The minimum atomic E-state index is -0.755. The molecule has 4 saturated carbocycles. The molecule has 4 atom stereocenters. The number of aliphatic hydroxyl groups is 1. The molecular formula is C22H29NO6. The fourth-order valence-corrected chi connectivity index (χ4v) is 6.35. The average Bonchev–Trinajstić information content (AvgIpc) is 2.92. The Kier molecular flexibility index (Phi) is 4.84. The van der Waals surface area contributed by atoms with Gasteiger partial charge in [-0.25, -0.2) is 4.79 Å². The molecule has 1 heterocycles. The van der Waals surface area contributed by atoms with Crippen molar-refractivity contribution in [3.63, 3.8) is 0 Å². The van der Waals surface area contributed by atoms with Gasteiger partial charge in [0.25, 0.3) is 0 Å². The molecule has 0 spiro atoms. The fraction of sp³-hybridized carbons (Fsp3) is 0.682. The third kappa shape index (κ3) is 3.39. The molecule has 0 radical (unpaired) electrons. The molecule has 158 valence electrons. The van der Waals surface area contributed by atoms with E-state index in [1.54, 1.807) is 20.8 Å². The van der Waals surface area contributed by atoms with Gasteiger partial charge in [0.2, 0.25) is 5.78 Å². The summed E-state index contributed by atoms with van der Waals surface area (Å²) in [5.41, 5.74) is 0.266. The molecule has 4 bridgehead atoms. The maximum Gasteiger partial charge on any atom is 0.340 e. The molecule has 29 heavy (non-hydrogen) atoms. The first kappa shape index (κ1) is 20.1. The van der Waals surface area contributed by atoms with Crippen LogP contribution < -0.4 is 0 Å². The first-order chi connectivity index (χ1) is 13.7. The number of H-pyrrole nitrogens is 1. The van der Waals surface area contributed by atoms with E-state index in [0.29, 0.717) is 35.1 Å². The van der Waals surface area contributed by atoms with E-state index in [2.05, 4.69) is 4.98 Å². The fourth-order valence-electron chi connectivity index (χ4n) is 6.35. The molecule has 0 amide bonds. The molecule has 4 fully saturated rings. The van der Waals surface area contributed by atoms with Crippen LogP contribution in [0.15, 0.2) is 0 Å². The van der Waals surface area contributed by atoms with Crippen molar-refractivity contribution >= 4 is 17.7 Å². The van der Waals surface area contributed by atoms with E-state index in [9.17, 15) is 19.5 Å². The number of carbonyl (C=O) groups is 3. The van der Waals surface area contributed by atoms with Gasteiger partial charge in [0.1, 0.15) is 0 Å². The summed E-state index contributed by atoms with van der Waals surface area (Å²) < 4.78 is 10.5. The van der Waals surface area contributed by atoms with Crippen LogP contribution in [0.1, 0.15) is 77.6 Å². The van der Waals surface area contributed by atoms with Crippen LogP contribution in [-0.4, -0.2) is 46.6 Å². The Morgan fingerprint density at radius 1 is 1.10 bits per heavy atom. The van der Waals surface area contributed by atoms with Crippen molar-refractivity contribution in [1.29, 1.82) is 0 Å². The summed E-state index contributed by atoms with van der Waals surface area (Å²) >= 11 is 0. The second-order valence-electron chi connectivity index (χ2n) is 9.31. The molecule has 4 aliphatic carbocycles. The Bertz CT molecular complexity index is 855. The Labute approximate surface area is 170 Å². The van der Waals surface area contributed by atoms with Gasteiger partial charge in [0.15, 0.2) is 6.61 Å². The lowest BCUT2D eigenvalue weighted by molar-refractivity contribution is -0.195. The number of aromatic amines is 1. The SMILES string of the molecule is CCOC(=O)c1c(C)[nH]c(C(=O)COC(=O)C23C[C@@H]4C[C@@H](CC(O)(C4)C2)C3)c1C. The predicted molar refractivity (Wildman–Crippen MR) is 104 cm³/mol. The van der Waals surface area contributed by atoms with Crippen molar-refractivity contribution in [1.82, 2.24) is 4.98 Å². The van der Waals surface area contributed by atoms with Crippen LogP contribution in [0, 0.1) is 31.1 Å². The van der Waals surface area contributed by atoms with E-state index in [1.807, 2.05) is 0 Å². The Morgan fingerprint density at radius 2 is 1.76 bits per heavy atom. The van der Waals surface area contributed by atoms with Crippen LogP contribution in [0.25, 0.3) is 0 Å². The number of hydrogen-bond donors (Lipinski definition) is 2. The highest BCUT2D eigenvalue weighted by molar-refractivity contribution is 6.02. The van der Waals surface area contributed by atoms with Gasteiger partial charge in [-0.05, 0) is 76.7 Å². The Balaban J connectivity index is 1.45. The van der Waals surface area contributed by atoms with E-state index < -0.39 is 17.0 Å². The molecule has 0 aromatic carbocycles. The first-order valence-electron chi connectivity index (χ1n) is 10.5. The second kappa shape index (κ2) is 6.97. The van der Waals surface area contributed by atoms with Crippen LogP contribution in [0.4, 0.5) is 0 Å². The van der Waals surface area contributed by atoms with E-state index >= 15 is 0 Å². The lowest BCUT2D eigenvalue weighted by Gasteiger charge is -2.58. The minimum absolute atomic E-state index is 0.250. The van der Waals surface area contributed by atoms with Crippen LogP contribution >= 0.6 is 0 Å². The molecule has 0 aliphatic heterocycles. The molecule has 0 saturated heterocycles. The summed E-state index contributed by atoms with van der Waals surface area (Å²) in [7, 11) is 0. The van der Waals surface area contributed by atoms with Gasteiger partial charge in [0.05, 0.1) is 28.9 Å². The quantitative estimate of drug-likeness (QED) is 0.559. The summed E-state index contributed by atoms with van der Waals surface area (Å²) in [6, 6.07) is 0. The predicted octanol–water partition coefficient (Wildman–Crippen LogP) is 2.87. The van der Waals surface area contributed by atoms with Gasteiger partial charge in [-0.15, -0.1) is 0 Å². The van der Waals surface area contributed by atoms with Crippen molar-refractivity contribution in [2.75, 3.05) is 13.2 Å². The Morgan fingerprint density at radius 3 is 2.34 bits per heavy atom. The maximum atomic E-state index is 13.0. The molecule has 2 N–H and O–H groups in total. The molecule has 7 heteroatoms. The summed E-state index contributed by atoms with van der Waals surface area (Å²) in [4.78, 5) is 40.7. The molecule has 1 aromatic heterocycles. The highest BCUT2D eigenvalue weighted by atomic mass is 16.5. The number of ether oxygens (including phenoxy) is 2. The normalized spacial score (nSPS) is 32.3. The number of rotatable bonds is 6. The monoisotopic (exact) mass is 403 g/mol. The number of esters is 2. The van der Waals surface area contributed by atoms with E-state index in [-0.39, 0.29) is 30.7 Å². The molecule has 5 rings (SSSR count). The molecular weight excluding hydrogens is 374 g/mol. The summed E-state index contributed by atoms with van der Waals surface area (Å²) in [6.45, 7) is 4.98. The number of ketones is 1. The lowest BCUT2D eigenvalue weighted by atomic mass is 9.48. The van der Waals surface area contributed by atoms with Crippen LogP contribution in [0.3, 0.4) is 0 Å². The number of hydrogen-bond acceptors (Lipinski definition) is 6. The molecule has 7 nitrogen and oxygen atoms in total. The van der Waals surface area contributed by atoms with Crippen LogP contribution in [-0.2, 0) is 14.3 Å². The topological polar surface area (TPSA) is 106 Å². The van der Waals surface area contributed by atoms with Gasteiger partial charge in [0, 0.05) is 5.69 Å². The molecule has 4 aliphatic rings. The van der Waals surface area contributed by atoms with Gasteiger partial charge in [-0.1, -0.05) is 0 Å². The van der Waals surface area contributed by atoms with E-state index in [0.717, 1.165) is 32.1 Å². The van der Waals surface area contributed by atoms with Crippen molar-refractivity contribution in [3.05, 3.63) is 22.5 Å². The van der Waals surface area contributed by atoms with Crippen LogP contribution in [0.2, 0.25) is 0 Å². The van der Waals surface area contributed by atoms with Gasteiger partial charge < -0.3 is 19.6 Å². The van der Waals surface area contributed by atoms with Crippen molar-refractivity contribution < 1.29 is 29.0 Å². The zero-order valence-electron chi connectivity index (χ0n) is 17.3. The largest absolute Gasteiger partial charge is 0.462 e. The van der Waals surface area contributed by atoms with E-state index in [4.69, 9.17) is 9.47 Å². The van der Waals surface area contributed by atoms with E-state index in [1.165, 1.54) is 0 Å². The molecule has 1 aromatic rings. The number of aryl methyl sites for hydroxylation is 1. The molecule has 2 unspecified atom stereocenters. The van der Waals surface area contributed by atoms with Crippen molar-refractivity contribution in [2.24, 2.45) is 17.3 Å². The average molecular weight is 403 g/mol. The number of nitrogens with one attached hydrogen (secondary N) is 1. The Hall–Kier alpha value is -2.15. The maximum absolute atomic E-state index is 13.0.